The Kier molecular flexibility index (Phi) is 10.3. The van der Waals surface area contributed by atoms with Crippen molar-refractivity contribution in [3.05, 3.63) is 23.5 Å². The molecular formula is C21H31F2N7S4. The number of nitrogens with zero attached hydrogens (tertiary/aromatic N) is 5. The third-order valence-electron chi connectivity index (χ3n) is 5.29. The SMILES string of the molecule is CC1(NSc2cc(N3CCNCC3)c3cnc(-c4nnc(C(F)F)s4)n3c2)CC1.CS.CSC. The van der Waals surface area contributed by atoms with Gasteiger partial charge >= 0.3 is 0 Å². The van der Waals surface area contributed by atoms with Crippen LogP contribution in [0.15, 0.2) is 23.4 Å². The molecule has 1 aliphatic carbocycles. The first-order valence-corrected chi connectivity index (χ1v) is 15.0. The van der Waals surface area contributed by atoms with Crippen LogP contribution in [-0.4, -0.2) is 70.1 Å². The lowest BCUT2D eigenvalue weighted by Crippen LogP contribution is -2.43. The third kappa shape index (κ3) is 6.76. The largest absolute Gasteiger partial charge is 0.367 e. The van der Waals surface area contributed by atoms with E-state index in [1.165, 1.54) is 12.8 Å². The third-order valence-corrected chi connectivity index (χ3v) is 7.27. The van der Waals surface area contributed by atoms with Crippen LogP contribution >= 0.6 is 47.7 Å². The topological polar surface area (TPSA) is 70.4 Å². The second-order valence-corrected chi connectivity index (χ2v) is 10.8. The molecule has 0 bridgehead atoms. The van der Waals surface area contributed by atoms with Crippen molar-refractivity contribution >= 4 is 58.9 Å². The summed E-state index contributed by atoms with van der Waals surface area (Å²) in [6.45, 7) is 5.88. The van der Waals surface area contributed by atoms with E-state index < -0.39 is 6.43 Å². The van der Waals surface area contributed by atoms with Crippen LogP contribution in [0.3, 0.4) is 0 Å². The predicted octanol–water partition coefficient (Wildman–Crippen LogP) is 4.87. The Hall–Kier alpha value is -1.12. The molecule has 2 N–H and O–H groups in total. The van der Waals surface area contributed by atoms with E-state index in [0.29, 0.717) is 10.8 Å². The number of fused-ring (bicyclic) bond motifs is 1. The molecule has 2 aliphatic rings. The van der Waals surface area contributed by atoms with Crippen LogP contribution in [0.5, 0.6) is 0 Å². The number of thioether (sulfide) groups is 1. The zero-order chi connectivity index (χ0) is 24.7. The number of anilines is 1. The van der Waals surface area contributed by atoms with Crippen molar-refractivity contribution in [1.29, 1.82) is 0 Å². The summed E-state index contributed by atoms with van der Waals surface area (Å²) < 4.78 is 31.5. The Labute approximate surface area is 217 Å². The van der Waals surface area contributed by atoms with Crippen molar-refractivity contribution in [3.63, 3.8) is 0 Å². The number of aromatic nitrogens is 4. The molecule has 0 amide bonds. The summed E-state index contributed by atoms with van der Waals surface area (Å²) in [4.78, 5) is 7.90. The summed E-state index contributed by atoms with van der Waals surface area (Å²) >= 11 is 7.77. The number of imidazole rings is 1. The minimum Gasteiger partial charge on any atom is -0.367 e. The minimum atomic E-state index is -2.63. The smallest absolute Gasteiger partial charge is 0.291 e. The van der Waals surface area contributed by atoms with Gasteiger partial charge in [0.15, 0.2) is 15.8 Å². The van der Waals surface area contributed by atoms with Crippen LogP contribution in [-0.2, 0) is 0 Å². The molecule has 3 aromatic rings. The van der Waals surface area contributed by atoms with Crippen molar-refractivity contribution < 1.29 is 8.78 Å². The van der Waals surface area contributed by atoms with Gasteiger partial charge in [-0.2, -0.15) is 24.4 Å². The number of nitrogens with one attached hydrogen (secondary N) is 2. The predicted molar refractivity (Wildman–Crippen MR) is 145 cm³/mol. The molecule has 4 heterocycles. The summed E-state index contributed by atoms with van der Waals surface area (Å²) in [5.74, 6) is 0.542. The maximum Gasteiger partial charge on any atom is 0.291 e. The van der Waals surface area contributed by atoms with Crippen LogP contribution < -0.4 is 14.9 Å². The monoisotopic (exact) mass is 547 g/mol. The number of thiol groups is 1. The normalized spacial score (nSPS) is 16.6. The quantitative estimate of drug-likeness (QED) is 0.298. The molecule has 7 nitrogen and oxygen atoms in total. The summed E-state index contributed by atoms with van der Waals surface area (Å²) in [7, 11) is 0. The van der Waals surface area contributed by atoms with Crippen LogP contribution in [0.25, 0.3) is 16.3 Å². The van der Waals surface area contributed by atoms with Gasteiger partial charge in [-0.3, -0.25) is 9.12 Å². The van der Waals surface area contributed by atoms with E-state index in [9.17, 15) is 8.78 Å². The summed E-state index contributed by atoms with van der Waals surface area (Å²) in [5, 5.41) is 11.1. The van der Waals surface area contributed by atoms with Gasteiger partial charge in [0.1, 0.15) is 0 Å². The number of alkyl halides is 2. The maximum absolute atomic E-state index is 13.0. The molecule has 0 aromatic carbocycles. The number of hydrogen-bond acceptors (Lipinski definition) is 10. The molecule has 34 heavy (non-hydrogen) atoms. The van der Waals surface area contributed by atoms with Gasteiger partial charge in [-0.25, -0.2) is 13.8 Å². The number of piperazine rings is 1. The van der Waals surface area contributed by atoms with E-state index in [1.54, 1.807) is 36.2 Å². The lowest BCUT2D eigenvalue weighted by atomic mass is 10.2. The number of rotatable bonds is 6. The van der Waals surface area contributed by atoms with Crippen LogP contribution in [0, 0.1) is 0 Å². The van der Waals surface area contributed by atoms with Gasteiger partial charge in [-0.05, 0) is 56.5 Å². The molecule has 2 fully saturated rings. The van der Waals surface area contributed by atoms with Crippen LogP contribution in [0.1, 0.15) is 31.2 Å². The highest BCUT2D eigenvalue weighted by atomic mass is 32.2. The van der Waals surface area contributed by atoms with Crippen molar-refractivity contribution in [2.75, 3.05) is 49.8 Å². The van der Waals surface area contributed by atoms with Gasteiger partial charge in [0.05, 0.1) is 17.4 Å². The lowest BCUT2D eigenvalue weighted by Gasteiger charge is -2.30. The molecule has 13 heteroatoms. The molecular weight excluding hydrogens is 517 g/mol. The molecule has 0 radical (unpaired) electrons. The van der Waals surface area contributed by atoms with E-state index in [-0.39, 0.29) is 10.5 Å². The minimum absolute atomic E-state index is 0.192. The fourth-order valence-corrected chi connectivity index (χ4v) is 4.90. The Morgan fingerprint density at radius 2 is 1.88 bits per heavy atom. The van der Waals surface area contributed by atoms with E-state index in [1.807, 2.05) is 23.1 Å². The summed E-state index contributed by atoms with van der Waals surface area (Å²) in [5.41, 5.74) is 2.23. The highest BCUT2D eigenvalue weighted by Gasteiger charge is 2.37. The van der Waals surface area contributed by atoms with Gasteiger partial charge in [-0.15, -0.1) is 10.2 Å². The van der Waals surface area contributed by atoms with Crippen molar-refractivity contribution in [3.8, 4) is 10.8 Å². The fraction of sp³-hybridized carbons (Fsp3) is 0.571. The summed E-state index contributed by atoms with van der Waals surface area (Å²) in [6, 6.07) is 2.18. The Bertz CT molecular complexity index is 1050. The molecule has 1 saturated heterocycles. The first kappa shape index (κ1) is 27.5. The van der Waals surface area contributed by atoms with E-state index in [4.69, 9.17) is 0 Å². The van der Waals surface area contributed by atoms with Gasteiger partial charge < -0.3 is 10.2 Å². The van der Waals surface area contributed by atoms with Crippen molar-refractivity contribution in [2.24, 2.45) is 0 Å². The van der Waals surface area contributed by atoms with Gasteiger partial charge in [-0.1, -0.05) is 11.3 Å². The Morgan fingerprint density at radius 3 is 2.47 bits per heavy atom. The van der Waals surface area contributed by atoms with Crippen LogP contribution in [0.2, 0.25) is 0 Å². The zero-order valence-electron chi connectivity index (χ0n) is 19.7. The first-order chi connectivity index (χ1) is 16.4. The molecule has 1 saturated carbocycles. The van der Waals surface area contributed by atoms with Crippen LogP contribution in [0.4, 0.5) is 14.5 Å². The molecule has 0 spiro atoms. The standard InChI is InChI=1S/C18H21F2N7S2.C2H6S.CH4S/c1-18(2-3-18)25-29-11-8-12(26-6-4-21-5-7-26)13-9-22-15(27(13)10-11)17-24-23-16(28-17)14(19)20;1-3-2;1-2/h8-10,14,21,25H,2-7H2,1H3;1-2H3;2H,1H3. The van der Waals surface area contributed by atoms with Gasteiger partial charge in [0.2, 0.25) is 0 Å². The van der Waals surface area contributed by atoms with E-state index in [0.717, 1.165) is 53.6 Å². The molecule has 0 atom stereocenters. The van der Waals surface area contributed by atoms with E-state index in [2.05, 4.69) is 55.7 Å². The molecule has 0 unspecified atom stereocenters. The van der Waals surface area contributed by atoms with Crippen molar-refractivity contribution in [1.82, 2.24) is 29.6 Å². The molecule has 1 aliphatic heterocycles. The second-order valence-electron chi connectivity index (χ2n) is 8.05. The highest BCUT2D eigenvalue weighted by molar-refractivity contribution is 7.98. The zero-order valence-corrected chi connectivity index (χ0v) is 23.1. The Balaban J connectivity index is 0.000000603. The number of halogens is 2. The van der Waals surface area contributed by atoms with Gasteiger partial charge in [0, 0.05) is 42.8 Å². The molecule has 3 aromatic heterocycles. The summed E-state index contributed by atoms with van der Waals surface area (Å²) in [6.07, 6.45) is 9.28. The highest BCUT2D eigenvalue weighted by Crippen LogP contribution is 2.39. The molecule has 5 rings (SSSR count). The Morgan fingerprint density at radius 1 is 1.21 bits per heavy atom. The van der Waals surface area contributed by atoms with Crippen molar-refractivity contribution in [2.45, 2.75) is 36.6 Å². The average Bonchev–Trinajstić information content (AvgIpc) is 3.23. The molecule has 188 valence electrons. The second kappa shape index (κ2) is 12.7. The maximum atomic E-state index is 13.0. The first-order valence-electron chi connectivity index (χ1n) is 10.8. The average molecular weight is 548 g/mol. The fourth-order valence-electron chi connectivity index (χ4n) is 3.31. The lowest BCUT2D eigenvalue weighted by molar-refractivity contribution is 0.150. The number of hydrogen-bond donors (Lipinski definition) is 3. The number of pyridine rings is 1. The van der Waals surface area contributed by atoms with E-state index >= 15 is 0 Å². The van der Waals surface area contributed by atoms with Gasteiger partial charge in [0.25, 0.3) is 6.43 Å².